The summed E-state index contributed by atoms with van der Waals surface area (Å²) in [5.41, 5.74) is 5.67. The van der Waals surface area contributed by atoms with E-state index in [2.05, 4.69) is 0 Å². The number of hydrogen-bond acceptors (Lipinski definition) is 3. The predicted octanol–water partition coefficient (Wildman–Crippen LogP) is 2.38. The maximum absolute atomic E-state index is 12.1. The average Bonchev–Trinajstić information content (AvgIpc) is 2.86. The summed E-state index contributed by atoms with van der Waals surface area (Å²) in [4.78, 5) is 15.1. The Morgan fingerprint density at radius 1 is 1.44 bits per heavy atom. The van der Waals surface area contributed by atoms with Crippen molar-refractivity contribution < 1.29 is 4.79 Å². The van der Waals surface area contributed by atoms with Crippen molar-refractivity contribution in [3.05, 3.63) is 29.3 Å². The van der Waals surface area contributed by atoms with E-state index in [-0.39, 0.29) is 11.9 Å². The van der Waals surface area contributed by atoms with Gasteiger partial charge >= 0.3 is 0 Å². The molecule has 0 aliphatic carbocycles. The number of carbonyl (C=O) groups excluding carboxylic acids is 1. The molecule has 1 saturated heterocycles. The SMILES string of the molecule is NCC1CCCN1C(=O)CSc1ccc(Cl)cc1. The van der Waals surface area contributed by atoms with Crippen molar-refractivity contribution in [3.63, 3.8) is 0 Å². The second-order valence-electron chi connectivity index (χ2n) is 4.36. The third-order valence-electron chi connectivity index (χ3n) is 3.15. The van der Waals surface area contributed by atoms with Crippen molar-refractivity contribution in [2.24, 2.45) is 5.73 Å². The minimum atomic E-state index is 0.183. The van der Waals surface area contributed by atoms with E-state index in [4.69, 9.17) is 17.3 Å². The molecule has 0 radical (unpaired) electrons. The Labute approximate surface area is 117 Å². The third-order valence-corrected chi connectivity index (χ3v) is 4.39. The fourth-order valence-corrected chi connectivity index (χ4v) is 3.08. The molecule has 2 N–H and O–H groups in total. The lowest BCUT2D eigenvalue weighted by molar-refractivity contribution is -0.128. The number of nitrogens with zero attached hydrogens (tertiary/aromatic N) is 1. The van der Waals surface area contributed by atoms with Gasteiger partial charge in [0, 0.05) is 29.0 Å². The number of hydrogen-bond donors (Lipinski definition) is 1. The Kier molecular flexibility index (Phi) is 4.92. The van der Waals surface area contributed by atoms with E-state index in [1.54, 1.807) is 11.8 Å². The minimum absolute atomic E-state index is 0.183. The predicted molar refractivity (Wildman–Crippen MR) is 76.0 cm³/mol. The molecule has 0 bridgehead atoms. The van der Waals surface area contributed by atoms with Crippen LogP contribution in [0.15, 0.2) is 29.2 Å². The summed E-state index contributed by atoms with van der Waals surface area (Å²) in [6.07, 6.45) is 2.10. The van der Waals surface area contributed by atoms with E-state index >= 15 is 0 Å². The highest BCUT2D eigenvalue weighted by atomic mass is 35.5. The lowest BCUT2D eigenvalue weighted by Gasteiger charge is -2.23. The molecule has 1 aliphatic rings. The van der Waals surface area contributed by atoms with Crippen molar-refractivity contribution in [1.29, 1.82) is 0 Å². The van der Waals surface area contributed by atoms with Gasteiger partial charge in [0.15, 0.2) is 0 Å². The number of halogens is 1. The maximum atomic E-state index is 12.1. The third kappa shape index (κ3) is 3.40. The smallest absolute Gasteiger partial charge is 0.233 e. The van der Waals surface area contributed by atoms with Crippen LogP contribution >= 0.6 is 23.4 Å². The van der Waals surface area contributed by atoms with E-state index in [9.17, 15) is 4.79 Å². The zero-order valence-corrected chi connectivity index (χ0v) is 11.7. The molecular weight excluding hydrogens is 268 g/mol. The molecule has 0 spiro atoms. The molecule has 1 aliphatic heterocycles. The van der Waals surface area contributed by atoms with Gasteiger partial charge in [-0.05, 0) is 37.1 Å². The largest absolute Gasteiger partial charge is 0.338 e. The van der Waals surface area contributed by atoms with Crippen LogP contribution in [0, 0.1) is 0 Å². The number of likely N-dealkylation sites (tertiary alicyclic amines) is 1. The summed E-state index contributed by atoms with van der Waals surface area (Å²) in [6.45, 7) is 1.42. The summed E-state index contributed by atoms with van der Waals surface area (Å²) in [5, 5.41) is 0.716. The van der Waals surface area contributed by atoms with Gasteiger partial charge in [-0.2, -0.15) is 0 Å². The zero-order chi connectivity index (χ0) is 13.0. The molecule has 1 amide bonds. The highest BCUT2D eigenvalue weighted by molar-refractivity contribution is 8.00. The molecule has 1 unspecified atom stereocenters. The number of benzene rings is 1. The average molecular weight is 285 g/mol. The van der Waals surface area contributed by atoms with Gasteiger partial charge in [0.1, 0.15) is 0 Å². The second-order valence-corrected chi connectivity index (χ2v) is 5.85. The van der Waals surface area contributed by atoms with Crippen LogP contribution in [0.2, 0.25) is 5.02 Å². The van der Waals surface area contributed by atoms with Crippen LogP contribution in [-0.4, -0.2) is 35.7 Å². The van der Waals surface area contributed by atoms with Crippen LogP contribution in [0.5, 0.6) is 0 Å². The summed E-state index contributed by atoms with van der Waals surface area (Å²) >= 11 is 7.36. The van der Waals surface area contributed by atoms with Crippen LogP contribution in [0.3, 0.4) is 0 Å². The van der Waals surface area contributed by atoms with Crippen molar-refractivity contribution in [2.75, 3.05) is 18.8 Å². The van der Waals surface area contributed by atoms with Crippen LogP contribution in [0.1, 0.15) is 12.8 Å². The molecule has 5 heteroatoms. The first-order valence-electron chi connectivity index (χ1n) is 6.08. The Bertz CT molecular complexity index is 410. The molecule has 98 valence electrons. The van der Waals surface area contributed by atoms with E-state index < -0.39 is 0 Å². The Morgan fingerprint density at radius 2 is 2.17 bits per heavy atom. The molecule has 1 atom stereocenters. The first-order chi connectivity index (χ1) is 8.70. The summed E-state index contributed by atoms with van der Waals surface area (Å²) < 4.78 is 0. The first-order valence-corrected chi connectivity index (χ1v) is 7.45. The zero-order valence-electron chi connectivity index (χ0n) is 10.1. The van der Waals surface area contributed by atoms with E-state index in [1.807, 2.05) is 29.2 Å². The van der Waals surface area contributed by atoms with Crippen molar-refractivity contribution in [3.8, 4) is 0 Å². The number of thioether (sulfide) groups is 1. The Morgan fingerprint density at radius 3 is 2.83 bits per heavy atom. The van der Waals surface area contributed by atoms with Crippen LogP contribution in [-0.2, 0) is 4.79 Å². The number of carbonyl (C=O) groups is 1. The van der Waals surface area contributed by atoms with Gasteiger partial charge in [-0.15, -0.1) is 11.8 Å². The molecule has 18 heavy (non-hydrogen) atoms. The van der Waals surface area contributed by atoms with Gasteiger partial charge in [-0.3, -0.25) is 4.79 Å². The van der Waals surface area contributed by atoms with E-state index in [1.165, 1.54) is 0 Å². The molecular formula is C13H17ClN2OS. The lowest BCUT2D eigenvalue weighted by Crippen LogP contribution is -2.40. The summed E-state index contributed by atoms with van der Waals surface area (Å²) in [5.74, 6) is 0.654. The van der Waals surface area contributed by atoms with Crippen LogP contribution in [0.4, 0.5) is 0 Å². The van der Waals surface area contributed by atoms with Crippen molar-refractivity contribution in [1.82, 2.24) is 4.90 Å². The summed E-state index contributed by atoms with van der Waals surface area (Å²) in [7, 11) is 0. The molecule has 2 rings (SSSR count). The van der Waals surface area contributed by atoms with Crippen molar-refractivity contribution >= 4 is 29.3 Å². The van der Waals surface area contributed by atoms with Gasteiger partial charge in [-0.25, -0.2) is 0 Å². The number of amides is 1. The highest BCUT2D eigenvalue weighted by Crippen LogP contribution is 2.23. The van der Waals surface area contributed by atoms with Crippen LogP contribution < -0.4 is 5.73 Å². The normalized spacial score (nSPS) is 19.2. The van der Waals surface area contributed by atoms with E-state index in [0.717, 1.165) is 24.3 Å². The molecule has 1 heterocycles. The number of nitrogens with two attached hydrogens (primary N) is 1. The Hall–Kier alpha value is -0.710. The molecule has 3 nitrogen and oxygen atoms in total. The molecule has 1 fully saturated rings. The van der Waals surface area contributed by atoms with Gasteiger partial charge in [0.05, 0.1) is 5.75 Å². The molecule has 0 saturated carbocycles. The maximum Gasteiger partial charge on any atom is 0.233 e. The molecule has 1 aromatic carbocycles. The Balaban J connectivity index is 1.86. The number of rotatable bonds is 4. The second kappa shape index (κ2) is 6.45. The topological polar surface area (TPSA) is 46.3 Å². The fourth-order valence-electron chi connectivity index (χ4n) is 2.17. The molecule has 1 aromatic rings. The van der Waals surface area contributed by atoms with Gasteiger partial charge in [0.25, 0.3) is 0 Å². The van der Waals surface area contributed by atoms with E-state index in [0.29, 0.717) is 17.3 Å². The molecule has 0 aromatic heterocycles. The summed E-state index contributed by atoms with van der Waals surface area (Å²) in [6, 6.07) is 7.79. The standard InChI is InChI=1S/C13H17ClN2OS/c14-10-3-5-12(6-4-10)18-9-13(17)16-7-1-2-11(16)8-15/h3-6,11H,1-2,7-9,15H2. The fraction of sp³-hybridized carbons (Fsp3) is 0.462. The van der Waals surface area contributed by atoms with Gasteiger partial charge < -0.3 is 10.6 Å². The highest BCUT2D eigenvalue weighted by Gasteiger charge is 2.27. The quantitative estimate of drug-likeness (QED) is 0.864. The van der Waals surface area contributed by atoms with Crippen LogP contribution in [0.25, 0.3) is 0 Å². The monoisotopic (exact) mass is 284 g/mol. The lowest BCUT2D eigenvalue weighted by atomic mass is 10.2. The minimum Gasteiger partial charge on any atom is -0.338 e. The van der Waals surface area contributed by atoms with Gasteiger partial charge in [0.2, 0.25) is 5.91 Å². The first kappa shape index (κ1) is 13.7. The van der Waals surface area contributed by atoms with Gasteiger partial charge in [-0.1, -0.05) is 11.6 Å². The van der Waals surface area contributed by atoms with Crippen molar-refractivity contribution in [2.45, 2.75) is 23.8 Å².